The third kappa shape index (κ3) is 3.30. The van der Waals surface area contributed by atoms with Crippen molar-refractivity contribution in [2.45, 2.75) is 12.8 Å². The van der Waals surface area contributed by atoms with Gasteiger partial charge in [-0.3, -0.25) is 4.79 Å². The molecule has 0 radical (unpaired) electrons. The quantitative estimate of drug-likeness (QED) is 0.899. The molecule has 0 aliphatic heterocycles. The van der Waals surface area contributed by atoms with Crippen LogP contribution in [0, 0.1) is 0 Å². The number of ether oxygens (including phenoxy) is 1. The Bertz CT molecular complexity index is 533. The highest BCUT2D eigenvalue weighted by Crippen LogP contribution is 2.17. The Morgan fingerprint density at radius 2 is 2.11 bits per heavy atom. The van der Waals surface area contributed by atoms with E-state index in [-0.39, 0.29) is 6.42 Å². The molecule has 0 spiro atoms. The Morgan fingerprint density at radius 3 is 2.72 bits per heavy atom. The molecule has 1 N–H and O–H groups in total. The number of hydrogen-bond donors (Lipinski definition) is 1. The lowest BCUT2D eigenvalue weighted by Gasteiger charge is -2.01. The molecule has 0 saturated carbocycles. The van der Waals surface area contributed by atoms with E-state index in [2.05, 4.69) is 4.98 Å². The summed E-state index contributed by atoms with van der Waals surface area (Å²) in [6, 6.07) is 7.77. The average molecular weight is 263 g/mol. The van der Waals surface area contributed by atoms with Crippen molar-refractivity contribution in [3.05, 3.63) is 45.9 Å². The van der Waals surface area contributed by atoms with Gasteiger partial charge in [-0.15, -0.1) is 11.3 Å². The van der Waals surface area contributed by atoms with Gasteiger partial charge in [0.2, 0.25) is 0 Å². The molecule has 0 amide bonds. The molecule has 0 aliphatic carbocycles. The van der Waals surface area contributed by atoms with Crippen LogP contribution in [0.5, 0.6) is 5.75 Å². The maximum Gasteiger partial charge on any atom is 0.309 e. The molecular formula is C13H13NO3S. The number of aromatic nitrogens is 1. The summed E-state index contributed by atoms with van der Waals surface area (Å²) in [7, 11) is 1.63. The van der Waals surface area contributed by atoms with E-state index < -0.39 is 5.97 Å². The van der Waals surface area contributed by atoms with Crippen molar-refractivity contribution in [2.75, 3.05) is 7.11 Å². The van der Waals surface area contributed by atoms with Gasteiger partial charge in [-0.25, -0.2) is 4.98 Å². The van der Waals surface area contributed by atoms with Crippen molar-refractivity contribution in [3.8, 4) is 5.75 Å². The van der Waals surface area contributed by atoms with Gasteiger partial charge >= 0.3 is 5.97 Å². The molecule has 5 heteroatoms. The molecule has 2 rings (SSSR count). The van der Waals surface area contributed by atoms with Crippen LogP contribution in [-0.2, 0) is 17.6 Å². The second kappa shape index (κ2) is 5.64. The molecule has 1 aromatic carbocycles. The Morgan fingerprint density at radius 1 is 1.39 bits per heavy atom. The minimum atomic E-state index is -0.851. The van der Waals surface area contributed by atoms with Crippen molar-refractivity contribution in [3.63, 3.8) is 0 Å². The number of rotatable bonds is 5. The zero-order chi connectivity index (χ0) is 13.0. The molecule has 1 aromatic heterocycles. The monoisotopic (exact) mass is 263 g/mol. The zero-order valence-electron chi connectivity index (χ0n) is 9.92. The lowest BCUT2D eigenvalue weighted by atomic mass is 10.1. The van der Waals surface area contributed by atoms with E-state index in [1.807, 2.05) is 24.3 Å². The van der Waals surface area contributed by atoms with Crippen LogP contribution in [0.4, 0.5) is 0 Å². The van der Waals surface area contributed by atoms with Gasteiger partial charge in [0.25, 0.3) is 0 Å². The van der Waals surface area contributed by atoms with Gasteiger partial charge in [0, 0.05) is 11.8 Å². The number of carboxylic acid groups (broad SMARTS) is 1. The summed E-state index contributed by atoms with van der Waals surface area (Å²) in [6.07, 6.45) is 0.702. The van der Waals surface area contributed by atoms with Crippen molar-refractivity contribution in [1.29, 1.82) is 0 Å². The Hall–Kier alpha value is -1.88. The average Bonchev–Trinajstić information content (AvgIpc) is 2.76. The SMILES string of the molecule is COc1ccc(Cc2nc(CC(=O)O)cs2)cc1. The molecule has 0 unspecified atom stereocenters. The van der Waals surface area contributed by atoms with Crippen LogP contribution in [0.2, 0.25) is 0 Å². The standard InChI is InChI=1S/C13H13NO3S/c1-17-11-4-2-9(3-5-11)6-12-14-10(8-18-12)7-13(15)16/h2-5,8H,6-7H2,1H3,(H,15,16). The van der Waals surface area contributed by atoms with E-state index in [4.69, 9.17) is 9.84 Å². The number of methoxy groups -OCH3 is 1. The number of nitrogens with zero attached hydrogens (tertiary/aromatic N) is 1. The third-order valence-corrected chi connectivity index (χ3v) is 3.34. The fourth-order valence-electron chi connectivity index (χ4n) is 1.58. The Balaban J connectivity index is 2.03. The van der Waals surface area contributed by atoms with Gasteiger partial charge in [-0.05, 0) is 17.7 Å². The van der Waals surface area contributed by atoms with E-state index in [1.54, 1.807) is 12.5 Å². The second-order valence-electron chi connectivity index (χ2n) is 3.83. The number of hydrogen-bond acceptors (Lipinski definition) is 4. The van der Waals surface area contributed by atoms with Crippen LogP contribution in [0.1, 0.15) is 16.3 Å². The van der Waals surface area contributed by atoms with E-state index in [0.717, 1.165) is 16.3 Å². The van der Waals surface area contributed by atoms with E-state index in [9.17, 15) is 4.79 Å². The topological polar surface area (TPSA) is 59.4 Å². The highest BCUT2D eigenvalue weighted by Gasteiger charge is 2.06. The molecular weight excluding hydrogens is 250 g/mol. The van der Waals surface area contributed by atoms with E-state index >= 15 is 0 Å². The second-order valence-corrected chi connectivity index (χ2v) is 4.77. The molecule has 94 valence electrons. The van der Waals surface area contributed by atoms with Crippen molar-refractivity contribution >= 4 is 17.3 Å². The molecule has 0 bridgehead atoms. The zero-order valence-corrected chi connectivity index (χ0v) is 10.7. The first kappa shape index (κ1) is 12.6. The summed E-state index contributed by atoms with van der Waals surface area (Å²) >= 11 is 1.49. The van der Waals surface area contributed by atoms with Crippen LogP contribution in [0.15, 0.2) is 29.6 Å². The van der Waals surface area contributed by atoms with Crippen LogP contribution in [-0.4, -0.2) is 23.2 Å². The van der Waals surface area contributed by atoms with E-state index in [1.165, 1.54) is 11.3 Å². The first-order valence-corrected chi connectivity index (χ1v) is 6.33. The van der Waals surface area contributed by atoms with Gasteiger partial charge in [-0.1, -0.05) is 12.1 Å². The summed E-state index contributed by atoms with van der Waals surface area (Å²) < 4.78 is 5.09. The molecule has 0 saturated heterocycles. The highest BCUT2D eigenvalue weighted by molar-refractivity contribution is 7.09. The number of aliphatic carboxylic acids is 1. The van der Waals surface area contributed by atoms with Crippen LogP contribution >= 0.6 is 11.3 Å². The summed E-state index contributed by atoms with van der Waals surface area (Å²) in [5.74, 6) is -0.0271. The minimum Gasteiger partial charge on any atom is -0.497 e. The van der Waals surface area contributed by atoms with Crippen LogP contribution < -0.4 is 4.74 Å². The maximum atomic E-state index is 10.6. The molecule has 4 nitrogen and oxygen atoms in total. The van der Waals surface area contributed by atoms with Gasteiger partial charge < -0.3 is 9.84 Å². The largest absolute Gasteiger partial charge is 0.497 e. The summed E-state index contributed by atoms with van der Waals surface area (Å²) in [5.41, 5.74) is 1.75. The van der Waals surface area contributed by atoms with E-state index in [0.29, 0.717) is 12.1 Å². The van der Waals surface area contributed by atoms with Gasteiger partial charge in [0.15, 0.2) is 0 Å². The first-order chi connectivity index (χ1) is 8.67. The fraction of sp³-hybridized carbons (Fsp3) is 0.231. The van der Waals surface area contributed by atoms with Crippen molar-refractivity contribution in [1.82, 2.24) is 4.98 Å². The molecule has 0 aliphatic rings. The smallest absolute Gasteiger partial charge is 0.309 e. The lowest BCUT2D eigenvalue weighted by Crippen LogP contribution is -2.00. The van der Waals surface area contributed by atoms with Crippen LogP contribution in [0.25, 0.3) is 0 Å². The molecule has 0 fully saturated rings. The fourth-order valence-corrected chi connectivity index (χ4v) is 2.41. The van der Waals surface area contributed by atoms with Gasteiger partial charge in [0.1, 0.15) is 5.75 Å². The van der Waals surface area contributed by atoms with Gasteiger partial charge in [-0.2, -0.15) is 0 Å². The molecule has 18 heavy (non-hydrogen) atoms. The summed E-state index contributed by atoms with van der Waals surface area (Å²) in [6.45, 7) is 0. The number of benzene rings is 1. The number of carboxylic acids is 1. The first-order valence-electron chi connectivity index (χ1n) is 5.45. The predicted molar refractivity (Wildman–Crippen MR) is 69.3 cm³/mol. The Kier molecular flexibility index (Phi) is 3.94. The normalized spacial score (nSPS) is 10.3. The van der Waals surface area contributed by atoms with Crippen molar-refractivity contribution < 1.29 is 14.6 Å². The molecule has 2 aromatic rings. The lowest BCUT2D eigenvalue weighted by molar-refractivity contribution is -0.136. The molecule has 1 heterocycles. The number of carbonyl (C=O) groups is 1. The molecule has 0 atom stereocenters. The minimum absolute atomic E-state index is 0.0148. The maximum absolute atomic E-state index is 10.6. The number of thiazole rings is 1. The van der Waals surface area contributed by atoms with Crippen molar-refractivity contribution in [2.24, 2.45) is 0 Å². The summed E-state index contributed by atoms with van der Waals surface area (Å²) in [4.78, 5) is 14.9. The summed E-state index contributed by atoms with van der Waals surface area (Å²) in [5, 5.41) is 11.4. The third-order valence-electron chi connectivity index (χ3n) is 2.45. The predicted octanol–water partition coefficient (Wildman–Crippen LogP) is 2.37. The van der Waals surface area contributed by atoms with Crippen LogP contribution in [0.3, 0.4) is 0 Å². The van der Waals surface area contributed by atoms with Gasteiger partial charge in [0.05, 0.1) is 24.2 Å². The highest BCUT2D eigenvalue weighted by atomic mass is 32.1. The Labute approximate surface area is 109 Å².